The molecule has 2 aliphatic rings. The van der Waals surface area contributed by atoms with E-state index in [-0.39, 0.29) is 0 Å². The van der Waals surface area contributed by atoms with Gasteiger partial charge in [-0.3, -0.25) is 0 Å². The molecule has 2 rings (SSSR count). The molecule has 0 bridgehead atoms. The molecule has 1 heterocycles. The van der Waals surface area contributed by atoms with Gasteiger partial charge < -0.3 is 4.74 Å². The number of allylic oxidation sites excluding steroid dienone is 4. The van der Waals surface area contributed by atoms with E-state index < -0.39 is 0 Å². The van der Waals surface area contributed by atoms with Crippen molar-refractivity contribution < 1.29 is 4.74 Å². The van der Waals surface area contributed by atoms with Gasteiger partial charge in [-0.2, -0.15) is 0 Å². The molecule has 1 saturated heterocycles. The van der Waals surface area contributed by atoms with Crippen LogP contribution in [-0.2, 0) is 4.74 Å². The standard InChI is InChI=1S/C15H24O/c1-4-13-6-5-7-15(16-13)14-9-8-11(2)10-12(14)3/h4,10,12,14-15H,5-9H2,1-3H3. The second-order valence-corrected chi connectivity index (χ2v) is 5.38. The van der Waals surface area contributed by atoms with Crippen LogP contribution >= 0.6 is 0 Å². The topological polar surface area (TPSA) is 9.23 Å². The minimum absolute atomic E-state index is 0.472. The maximum absolute atomic E-state index is 6.11. The summed E-state index contributed by atoms with van der Waals surface area (Å²) in [4.78, 5) is 0. The molecule has 3 atom stereocenters. The highest BCUT2D eigenvalue weighted by Gasteiger charge is 2.31. The average Bonchev–Trinajstić information content (AvgIpc) is 2.29. The molecule has 1 fully saturated rings. The van der Waals surface area contributed by atoms with Crippen LogP contribution in [0.3, 0.4) is 0 Å². The van der Waals surface area contributed by atoms with Crippen molar-refractivity contribution in [3.05, 3.63) is 23.5 Å². The Morgan fingerprint density at radius 2 is 2.12 bits per heavy atom. The highest BCUT2D eigenvalue weighted by molar-refractivity contribution is 5.08. The quantitative estimate of drug-likeness (QED) is 0.593. The van der Waals surface area contributed by atoms with Crippen molar-refractivity contribution in [3.63, 3.8) is 0 Å². The van der Waals surface area contributed by atoms with Gasteiger partial charge in [-0.25, -0.2) is 0 Å². The van der Waals surface area contributed by atoms with Crippen molar-refractivity contribution in [1.29, 1.82) is 0 Å². The summed E-state index contributed by atoms with van der Waals surface area (Å²) in [7, 11) is 0. The molecule has 1 aliphatic heterocycles. The molecule has 90 valence electrons. The van der Waals surface area contributed by atoms with Crippen LogP contribution in [-0.4, -0.2) is 6.10 Å². The van der Waals surface area contributed by atoms with Crippen molar-refractivity contribution in [2.45, 2.75) is 59.0 Å². The normalized spacial score (nSPS) is 38.1. The monoisotopic (exact) mass is 220 g/mol. The Hall–Kier alpha value is -0.720. The fourth-order valence-corrected chi connectivity index (χ4v) is 3.14. The Labute approximate surface area is 99.6 Å². The summed E-state index contributed by atoms with van der Waals surface area (Å²) in [6, 6.07) is 0. The van der Waals surface area contributed by atoms with Crippen molar-refractivity contribution in [3.8, 4) is 0 Å². The van der Waals surface area contributed by atoms with Gasteiger partial charge in [0.05, 0.1) is 5.76 Å². The molecular formula is C15H24O. The van der Waals surface area contributed by atoms with Crippen LogP contribution in [0.2, 0.25) is 0 Å². The molecule has 0 aromatic rings. The van der Waals surface area contributed by atoms with E-state index in [9.17, 15) is 0 Å². The minimum Gasteiger partial charge on any atom is -0.495 e. The molecule has 0 amide bonds. The smallest absolute Gasteiger partial charge is 0.102 e. The second-order valence-electron chi connectivity index (χ2n) is 5.38. The van der Waals surface area contributed by atoms with Gasteiger partial charge in [0.15, 0.2) is 0 Å². The molecule has 3 unspecified atom stereocenters. The first kappa shape index (κ1) is 11.8. The van der Waals surface area contributed by atoms with Gasteiger partial charge in [-0.1, -0.05) is 18.6 Å². The van der Waals surface area contributed by atoms with E-state index in [0.29, 0.717) is 12.0 Å². The zero-order valence-electron chi connectivity index (χ0n) is 10.8. The summed E-state index contributed by atoms with van der Waals surface area (Å²) in [6.45, 7) is 6.69. The number of rotatable bonds is 1. The maximum Gasteiger partial charge on any atom is 0.102 e. The Morgan fingerprint density at radius 3 is 2.81 bits per heavy atom. The molecule has 1 aliphatic carbocycles. The molecule has 0 aromatic heterocycles. The van der Waals surface area contributed by atoms with Crippen LogP contribution in [0, 0.1) is 11.8 Å². The lowest BCUT2D eigenvalue weighted by Crippen LogP contribution is -2.32. The molecule has 1 heteroatoms. The lowest BCUT2D eigenvalue weighted by molar-refractivity contribution is 0.00993. The van der Waals surface area contributed by atoms with Crippen LogP contribution < -0.4 is 0 Å². The summed E-state index contributed by atoms with van der Waals surface area (Å²) < 4.78 is 6.11. The fourth-order valence-electron chi connectivity index (χ4n) is 3.14. The maximum atomic E-state index is 6.11. The minimum atomic E-state index is 0.472. The highest BCUT2D eigenvalue weighted by Crippen LogP contribution is 2.37. The van der Waals surface area contributed by atoms with Crippen LogP contribution in [0.1, 0.15) is 52.9 Å². The van der Waals surface area contributed by atoms with Crippen LogP contribution in [0.5, 0.6) is 0 Å². The molecule has 0 N–H and O–H groups in total. The van der Waals surface area contributed by atoms with Gasteiger partial charge >= 0.3 is 0 Å². The summed E-state index contributed by atoms with van der Waals surface area (Å²) in [5, 5.41) is 0. The number of ether oxygens (including phenoxy) is 1. The van der Waals surface area contributed by atoms with E-state index in [2.05, 4.69) is 32.9 Å². The Balaban J connectivity index is 2.02. The summed E-state index contributed by atoms with van der Waals surface area (Å²) in [5.41, 5.74) is 1.56. The predicted octanol–water partition coefficient (Wildman–Crippen LogP) is 4.45. The zero-order valence-corrected chi connectivity index (χ0v) is 10.8. The van der Waals surface area contributed by atoms with Gasteiger partial charge in [0, 0.05) is 12.3 Å². The van der Waals surface area contributed by atoms with Gasteiger partial charge in [0.25, 0.3) is 0 Å². The first-order valence-corrected chi connectivity index (χ1v) is 6.70. The van der Waals surface area contributed by atoms with E-state index in [0.717, 1.165) is 12.3 Å². The molecule has 0 aromatic carbocycles. The summed E-state index contributed by atoms with van der Waals surface area (Å²) >= 11 is 0. The number of hydrogen-bond acceptors (Lipinski definition) is 1. The van der Waals surface area contributed by atoms with E-state index in [1.165, 1.54) is 31.4 Å². The third-order valence-electron chi connectivity index (χ3n) is 4.11. The van der Waals surface area contributed by atoms with Crippen LogP contribution in [0.4, 0.5) is 0 Å². The Morgan fingerprint density at radius 1 is 1.31 bits per heavy atom. The zero-order chi connectivity index (χ0) is 11.5. The Bertz CT molecular complexity index is 301. The molecule has 0 spiro atoms. The highest BCUT2D eigenvalue weighted by atomic mass is 16.5. The van der Waals surface area contributed by atoms with Crippen molar-refractivity contribution >= 4 is 0 Å². The molecule has 16 heavy (non-hydrogen) atoms. The largest absolute Gasteiger partial charge is 0.495 e. The lowest BCUT2D eigenvalue weighted by Gasteiger charge is -2.37. The third-order valence-corrected chi connectivity index (χ3v) is 4.11. The third kappa shape index (κ3) is 2.50. The van der Waals surface area contributed by atoms with E-state index in [4.69, 9.17) is 4.74 Å². The van der Waals surface area contributed by atoms with Crippen molar-refractivity contribution in [2.24, 2.45) is 11.8 Å². The van der Waals surface area contributed by atoms with Crippen molar-refractivity contribution in [1.82, 2.24) is 0 Å². The van der Waals surface area contributed by atoms with E-state index >= 15 is 0 Å². The second kappa shape index (κ2) is 5.07. The SMILES string of the molecule is CC=C1CCCC(C2CCC(C)=CC2C)O1. The van der Waals surface area contributed by atoms with Crippen LogP contribution in [0.15, 0.2) is 23.5 Å². The lowest BCUT2D eigenvalue weighted by atomic mass is 9.77. The van der Waals surface area contributed by atoms with Gasteiger partial charge in [-0.05, 0) is 51.5 Å². The fraction of sp³-hybridized carbons (Fsp3) is 0.733. The summed E-state index contributed by atoms with van der Waals surface area (Å²) in [5.74, 6) is 2.64. The molecular weight excluding hydrogens is 196 g/mol. The average molecular weight is 220 g/mol. The predicted molar refractivity (Wildman–Crippen MR) is 68.1 cm³/mol. The van der Waals surface area contributed by atoms with Crippen molar-refractivity contribution in [2.75, 3.05) is 0 Å². The van der Waals surface area contributed by atoms with E-state index in [1.54, 1.807) is 5.57 Å². The van der Waals surface area contributed by atoms with Gasteiger partial charge in [0.2, 0.25) is 0 Å². The van der Waals surface area contributed by atoms with Gasteiger partial charge in [0.1, 0.15) is 6.10 Å². The summed E-state index contributed by atoms with van der Waals surface area (Å²) in [6.07, 6.45) is 11.3. The van der Waals surface area contributed by atoms with Crippen LogP contribution in [0.25, 0.3) is 0 Å². The Kier molecular flexibility index (Phi) is 3.73. The number of hydrogen-bond donors (Lipinski definition) is 0. The molecule has 1 nitrogen and oxygen atoms in total. The molecule has 0 saturated carbocycles. The van der Waals surface area contributed by atoms with Gasteiger partial charge in [-0.15, -0.1) is 0 Å². The first-order valence-electron chi connectivity index (χ1n) is 6.70. The van der Waals surface area contributed by atoms with E-state index in [1.807, 2.05) is 0 Å². The molecule has 0 radical (unpaired) electrons. The first-order chi connectivity index (χ1) is 7.70.